The molecule has 4 nitrogen and oxygen atoms in total. The average molecular weight is 299 g/mol. The third-order valence-corrected chi connectivity index (χ3v) is 4.19. The van der Waals surface area contributed by atoms with E-state index in [4.69, 9.17) is 18.0 Å². The number of aryl methyl sites for hydroxylation is 1. The zero-order chi connectivity index (χ0) is 15.0. The van der Waals surface area contributed by atoms with Crippen LogP contribution in [0.1, 0.15) is 28.9 Å². The maximum absolute atomic E-state index is 12.9. The molecule has 0 bridgehead atoms. The summed E-state index contributed by atoms with van der Waals surface area (Å²) >= 11 is 5.09. The van der Waals surface area contributed by atoms with Crippen molar-refractivity contribution in [3.63, 3.8) is 0 Å². The fourth-order valence-corrected chi connectivity index (χ4v) is 3.19. The van der Waals surface area contributed by atoms with Gasteiger partial charge >= 0.3 is 0 Å². The Kier molecular flexibility index (Phi) is 3.59. The molecule has 1 unspecified atom stereocenters. The Morgan fingerprint density at radius 2 is 2.19 bits per heavy atom. The number of fused-ring (bicyclic) bond motifs is 1. The van der Waals surface area contributed by atoms with E-state index in [1.54, 1.807) is 4.90 Å². The van der Waals surface area contributed by atoms with Crippen LogP contribution in [0.4, 0.5) is 0 Å². The summed E-state index contributed by atoms with van der Waals surface area (Å²) in [4.78, 5) is 19.6. The molecule has 5 heteroatoms. The molecule has 2 N–H and O–H groups in total. The monoisotopic (exact) mass is 299 g/mol. The topological polar surface area (TPSA) is 59.2 Å². The van der Waals surface area contributed by atoms with Crippen molar-refractivity contribution in [2.24, 2.45) is 5.73 Å². The lowest BCUT2D eigenvalue weighted by molar-refractivity contribution is 0.0772. The van der Waals surface area contributed by atoms with Gasteiger partial charge in [-0.1, -0.05) is 30.4 Å². The molecule has 1 aliphatic rings. The molecule has 0 aliphatic carbocycles. The molecule has 1 saturated heterocycles. The van der Waals surface area contributed by atoms with Crippen LogP contribution in [-0.4, -0.2) is 33.4 Å². The normalized spacial score (nSPS) is 18.1. The highest BCUT2D eigenvalue weighted by Gasteiger charge is 2.32. The number of para-hydroxylation sites is 1. The maximum atomic E-state index is 12.9. The largest absolute Gasteiger partial charge is 0.392 e. The lowest BCUT2D eigenvalue weighted by atomic mass is 10.1. The molecule has 21 heavy (non-hydrogen) atoms. The number of likely N-dealkylation sites (tertiary alicyclic amines) is 1. The second kappa shape index (κ2) is 5.41. The minimum Gasteiger partial charge on any atom is -0.392 e. The van der Waals surface area contributed by atoms with E-state index in [-0.39, 0.29) is 11.9 Å². The van der Waals surface area contributed by atoms with Crippen molar-refractivity contribution in [3.8, 4) is 0 Å². The predicted octanol–water partition coefficient (Wildman–Crippen LogP) is 2.43. The fraction of sp³-hybridized carbons (Fsp3) is 0.312. The van der Waals surface area contributed by atoms with Crippen molar-refractivity contribution in [1.82, 2.24) is 9.88 Å². The summed E-state index contributed by atoms with van der Waals surface area (Å²) in [7, 11) is 0. The molecule has 2 heterocycles. The number of nitrogens with zero attached hydrogens (tertiary/aromatic N) is 2. The van der Waals surface area contributed by atoms with Gasteiger partial charge in [-0.3, -0.25) is 9.78 Å². The first-order valence-electron chi connectivity index (χ1n) is 7.04. The van der Waals surface area contributed by atoms with Crippen LogP contribution in [0.3, 0.4) is 0 Å². The fourth-order valence-electron chi connectivity index (χ4n) is 2.95. The van der Waals surface area contributed by atoms with Gasteiger partial charge in [-0.15, -0.1) is 0 Å². The molecule has 2 aromatic rings. The number of thiocarbonyl (C=S) groups is 1. The summed E-state index contributed by atoms with van der Waals surface area (Å²) in [5.41, 5.74) is 8.13. The van der Waals surface area contributed by atoms with Gasteiger partial charge in [-0.05, 0) is 31.9 Å². The maximum Gasteiger partial charge on any atom is 0.255 e. The van der Waals surface area contributed by atoms with E-state index in [0.717, 1.165) is 29.4 Å². The summed E-state index contributed by atoms with van der Waals surface area (Å²) in [5, 5.41) is 0.877. The quantitative estimate of drug-likeness (QED) is 0.865. The lowest BCUT2D eigenvalue weighted by Crippen LogP contribution is -2.42. The van der Waals surface area contributed by atoms with Crippen molar-refractivity contribution in [3.05, 3.63) is 41.6 Å². The Bertz CT molecular complexity index is 729. The van der Waals surface area contributed by atoms with Gasteiger partial charge in [-0.25, -0.2) is 0 Å². The number of amides is 1. The van der Waals surface area contributed by atoms with Crippen LogP contribution in [0.15, 0.2) is 30.3 Å². The minimum atomic E-state index is -0.125. The Morgan fingerprint density at radius 3 is 2.95 bits per heavy atom. The molecular weight excluding hydrogens is 282 g/mol. The van der Waals surface area contributed by atoms with Gasteiger partial charge in [0.25, 0.3) is 5.91 Å². The number of carbonyl (C=O) groups excluding carboxylic acids is 1. The van der Waals surface area contributed by atoms with Crippen molar-refractivity contribution in [2.75, 3.05) is 6.54 Å². The number of hydrogen-bond acceptors (Lipinski definition) is 3. The van der Waals surface area contributed by atoms with Gasteiger partial charge in [0, 0.05) is 17.6 Å². The van der Waals surface area contributed by atoms with Crippen LogP contribution >= 0.6 is 12.2 Å². The molecule has 1 aromatic heterocycles. The summed E-state index contributed by atoms with van der Waals surface area (Å²) in [5.74, 6) is -0.00741. The summed E-state index contributed by atoms with van der Waals surface area (Å²) in [6, 6.07) is 9.43. The molecule has 1 atom stereocenters. The summed E-state index contributed by atoms with van der Waals surface area (Å²) < 4.78 is 0. The van der Waals surface area contributed by atoms with Crippen LogP contribution < -0.4 is 5.73 Å². The number of hydrogen-bond donors (Lipinski definition) is 1. The van der Waals surface area contributed by atoms with Crippen molar-refractivity contribution >= 4 is 34.0 Å². The van der Waals surface area contributed by atoms with Gasteiger partial charge in [-0.2, -0.15) is 0 Å². The second-order valence-corrected chi connectivity index (χ2v) is 5.86. The SMILES string of the molecule is Cc1cc(C(=O)N2CCCC2C(N)=S)c2ccccc2n1. The van der Waals surface area contributed by atoms with Crippen molar-refractivity contribution in [2.45, 2.75) is 25.8 Å². The van der Waals surface area contributed by atoms with Gasteiger partial charge in [0.1, 0.15) is 0 Å². The first-order chi connectivity index (χ1) is 10.1. The van der Waals surface area contributed by atoms with Crippen molar-refractivity contribution in [1.29, 1.82) is 0 Å². The molecule has 1 amide bonds. The van der Waals surface area contributed by atoms with E-state index >= 15 is 0 Å². The lowest BCUT2D eigenvalue weighted by Gasteiger charge is -2.24. The molecule has 0 spiro atoms. The number of nitrogens with two attached hydrogens (primary N) is 1. The summed E-state index contributed by atoms with van der Waals surface area (Å²) in [6.07, 6.45) is 1.79. The van der Waals surface area contributed by atoms with Crippen LogP contribution in [-0.2, 0) is 0 Å². The van der Waals surface area contributed by atoms with Gasteiger partial charge in [0.05, 0.1) is 22.1 Å². The Hall–Kier alpha value is -2.01. The average Bonchev–Trinajstić information content (AvgIpc) is 2.95. The molecule has 0 saturated carbocycles. The molecular formula is C16H17N3OS. The number of rotatable bonds is 2. The van der Waals surface area contributed by atoms with E-state index in [0.29, 0.717) is 17.1 Å². The number of benzene rings is 1. The zero-order valence-corrected chi connectivity index (χ0v) is 12.7. The third-order valence-electron chi connectivity index (χ3n) is 3.92. The van der Waals surface area contributed by atoms with Crippen molar-refractivity contribution < 1.29 is 4.79 Å². The van der Waals surface area contributed by atoms with Gasteiger partial charge in [0.15, 0.2) is 0 Å². The molecule has 3 rings (SSSR count). The molecule has 1 aliphatic heterocycles. The predicted molar refractivity (Wildman–Crippen MR) is 87.3 cm³/mol. The number of carbonyl (C=O) groups is 1. The first-order valence-corrected chi connectivity index (χ1v) is 7.45. The zero-order valence-electron chi connectivity index (χ0n) is 11.9. The molecule has 108 valence electrons. The Morgan fingerprint density at radius 1 is 1.43 bits per heavy atom. The molecule has 1 fully saturated rings. The summed E-state index contributed by atoms with van der Waals surface area (Å²) in [6.45, 7) is 2.61. The second-order valence-electron chi connectivity index (χ2n) is 5.39. The molecule has 0 radical (unpaired) electrons. The van der Waals surface area contributed by atoms with Gasteiger partial charge in [0.2, 0.25) is 0 Å². The third kappa shape index (κ3) is 2.49. The van der Waals surface area contributed by atoms with Gasteiger partial charge < -0.3 is 10.6 Å². The minimum absolute atomic E-state index is 0.00741. The van der Waals surface area contributed by atoms with Crippen LogP contribution in [0.5, 0.6) is 0 Å². The Labute approximate surface area is 129 Å². The number of aromatic nitrogens is 1. The van der Waals surface area contributed by atoms with E-state index in [1.807, 2.05) is 37.3 Å². The highest BCUT2D eigenvalue weighted by atomic mass is 32.1. The van der Waals surface area contributed by atoms with E-state index < -0.39 is 0 Å². The van der Waals surface area contributed by atoms with E-state index in [2.05, 4.69) is 4.98 Å². The number of pyridine rings is 1. The van der Waals surface area contributed by atoms with Crippen LogP contribution in [0, 0.1) is 6.92 Å². The van der Waals surface area contributed by atoms with Crippen LogP contribution in [0.25, 0.3) is 10.9 Å². The Balaban J connectivity index is 2.07. The standard InChI is InChI=1S/C16H17N3OS/c1-10-9-12(11-5-2-3-6-13(11)18-10)16(20)19-8-4-7-14(19)15(17)21/h2-3,5-6,9,14H,4,7-8H2,1H3,(H2,17,21). The highest BCUT2D eigenvalue weighted by molar-refractivity contribution is 7.80. The molecule has 1 aromatic carbocycles. The highest BCUT2D eigenvalue weighted by Crippen LogP contribution is 2.24. The smallest absolute Gasteiger partial charge is 0.255 e. The van der Waals surface area contributed by atoms with Crippen LogP contribution in [0.2, 0.25) is 0 Å². The van der Waals surface area contributed by atoms with E-state index in [9.17, 15) is 4.79 Å². The van der Waals surface area contributed by atoms with E-state index in [1.165, 1.54) is 0 Å². The first kappa shape index (κ1) is 13.9.